The molecule has 3 aromatic carbocycles. The molecule has 42 heavy (non-hydrogen) atoms. The molecule has 0 aliphatic rings. The first-order valence-corrected chi connectivity index (χ1v) is 13.6. The van der Waals surface area contributed by atoms with Crippen molar-refractivity contribution in [3.63, 3.8) is 0 Å². The van der Waals surface area contributed by atoms with Gasteiger partial charge in [0.2, 0.25) is 5.91 Å². The van der Waals surface area contributed by atoms with Crippen LogP contribution in [0.3, 0.4) is 0 Å². The maximum Gasteiger partial charge on any atom is 0.416 e. The molecule has 0 unspecified atom stereocenters. The van der Waals surface area contributed by atoms with Crippen LogP contribution >= 0.6 is 11.6 Å². The lowest BCUT2D eigenvalue weighted by Crippen LogP contribution is -2.28. The first-order chi connectivity index (χ1) is 19.7. The van der Waals surface area contributed by atoms with Gasteiger partial charge in [-0.3, -0.25) is 14.4 Å². The zero-order valence-electron chi connectivity index (χ0n) is 23.4. The van der Waals surface area contributed by atoms with Gasteiger partial charge in [0.1, 0.15) is 5.69 Å². The maximum atomic E-state index is 13.1. The van der Waals surface area contributed by atoms with Crippen LogP contribution in [0.1, 0.15) is 64.3 Å². The minimum atomic E-state index is -4.44. The van der Waals surface area contributed by atoms with Gasteiger partial charge in [-0.2, -0.15) is 13.2 Å². The molecule has 1 aromatic heterocycles. The molecule has 3 N–H and O–H groups in total. The van der Waals surface area contributed by atoms with Crippen LogP contribution in [0.2, 0.25) is 5.02 Å². The number of rotatable bonds is 8. The molecule has 0 fully saturated rings. The molecule has 1 atom stereocenters. The van der Waals surface area contributed by atoms with E-state index in [1.54, 1.807) is 74.9 Å². The standard InChI is InChI=1S/C31H30ClF3N4O3/c1-17(2)28(40)36-16-19-5-11-25(32)24(13-19)29(41)38-23-10-12-26-21(14-23)15-27(39(26)4)30(42)37-18(3)20-6-8-22(9-7-20)31(33,34)35/h5-15,17-18H,16H2,1-4H3,(H,36,40)(H,37,42)(H,38,41)/t18-/m1/s1. The van der Waals surface area contributed by atoms with E-state index in [4.69, 9.17) is 11.6 Å². The van der Waals surface area contributed by atoms with Crippen LogP contribution in [0.25, 0.3) is 10.9 Å². The zero-order valence-corrected chi connectivity index (χ0v) is 24.2. The lowest BCUT2D eigenvalue weighted by Gasteiger charge is -2.16. The Hall–Kier alpha value is -4.31. The number of nitrogens with zero attached hydrogens (tertiary/aromatic N) is 1. The summed E-state index contributed by atoms with van der Waals surface area (Å²) in [6.45, 7) is 5.53. The number of carbonyl (C=O) groups is 3. The first kappa shape index (κ1) is 30.6. The largest absolute Gasteiger partial charge is 0.416 e. The monoisotopic (exact) mass is 598 g/mol. The van der Waals surface area contributed by atoms with Crippen LogP contribution in [0.4, 0.5) is 18.9 Å². The Morgan fingerprint density at radius 1 is 0.905 bits per heavy atom. The second-order valence-electron chi connectivity index (χ2n) is 10.3. The van der Waals surface area contributed by atoms with Crippen LogP contribution in [-0.2, 0) is 24.6 Å². The molecule has 0 bridgehead atoms. The van der Waals surface area contributed by atoms with Gasteiger partial charge >= 0.3 is 6.18 Å². The van der Waals surface area contributed by atoms with E-state index in [1.807, 2.05) is 0 Å². The molecule has 0 saturated carbocycles. The smallest absolute Gasteiger partial charge is 0.352 e. The number of aryl methyl sites for hydroxylation is 1. The van der Waals surface area contributed by atoms with Crippen molar-refractivity contribution in [2.24, 2.45) is 13.0 Å². The number of anilines is 1. The Morgan fingerprint density at radius 2 is 1.60 bits per heavy atom. The molecular formula is C31H30ClF3N4O3. The molecule has 0 aliphatic carbocycles. The highest BCUT2D eigenvalue weighted by atomic mass is 35.5. The molecule has 0 radical (unpaired) electrons. The van der Waals surface area contributed by atoms with Crippen LogP contribution < -0.4 is 16.0 Å². The van der Waals surface area contributed by atoms with Crippen LogP contribution in [0.5, 0.6) is 0 Å². The lowest BCUT2D eigenvalue weighted by atomic mass is 10.1. The van der Waals surface area contributed by atoms with E-state index in [1.165, 1.54) is 12.1 Å². The number of hydrogen-bond acceptors (Lipinski definition) is 3. The number of alkyl halides is 3. The van der Waals surface area contributed by atoms with Gasteiger partial charge in [0.05, 0.1) is 22.2 Å². The normalized spacial score (nSPS) is 12.3. The number of benzene rings is 3. The van der Waals surface area contributed by atoms with E-state index in [-0.39, 0.29) is 29.0 Å². The van der Waals surface area contributed by atoms with Crippen LogP contribution in [-0.4, -0.2) is 22.3 Å². The van der Waals surface area contributed by atoms with Gasteiger partial charge in [0.15, 0.2) is 0 Å². The van der Waals surface area contributed by atoms with Gasteiger partial charge in [0.25, 0.3) is 11.8 Å². The number of amides is 3. The number of aromatic nitrogens is 1. The summed E-state index contributed by atoms with van der Waals surface area (Å²) in [7, 11) is 1.72. The molecule has 4 aromatic rings. The Bertz CT molecular complexity index is 1650. The molecule has 220 valence electrons. The minimum absolute atomic E-state index is 0.103. The highest BCUT2D eigenvalue weighted by Crippen LogP contribution is 2.30. The minimum Gasteiger partial charge on any atom is -0.352 e. The van der Waals surface area contributed by atoms with Gasteiger partial charge in [-0.1, -0.05) is 43.6 Å². The summed E-state index contributed by atoms with van der Waals surface area (Å²) in [6, 6.07) is 15.9. The highest BCUT2D eigenvalue weighted by molar-refractivity contribution is 6.34. The molecule has 1 heterocycles. The fraction of sp³-hybridized carbons (Fsp3) is 0.258. The second-order valence-corrected chi connectivity index (χ2v) is 10.7. The van der Waals surface area contributed by atoms with Gasteiger partial charge < -0.3 is 20.5 Å². The second kappa shape index (κ2) is 12.3. The van der Waals surface area contributed by atoms with Crippen molar-refractivity contribution in [1.29, 1.82) is 0 Å². The fourth-order valence-corrected chi connectivity index (χ4v) is 4.61. The molecule has 0 spiro atoms. The molecule has 0 aliphatic heterocycles. The summed E-state index contributed by atoms with van der Waals surface area (Å²) in [5.74, 6) is -1.10. The Labute approximate surface area is 246 Å². The quantitative estimate of drug-likeness (QED) is 0.207. The van der Waals surface area contributed by atoms with Gasteiger partial charge in [-0.05, 0) is 66.6 Å². The zero-order chi connectivity index (χ0) is 30.8. The van der Waals surface area contributed by atoms with Crippen molar-refractivity contribution in [3.8, 4) is 0 Å². The summed E-state index contributed by atoms with van der Waals surface area (Å²) >= 11 is 6.29. The summed E-state index contributed by atoms with van der Waals surface area (Å²) in [6.07, 6.45) is -4.44. The Morgan fingerprint density at radius 3 is 2.24 bits per heavy atom. The highest BCUT2D eigenvalue weighted by Gasteiger charge is 2.30. The average molecular weight is 599 g/mol. The summed E-state index contributed by atoms with van der Waals surface area (Å²) < 4.78 is 40.3. The van der Waals surface area contributed by atoms with E-state index in [0.717, 1.165) is 23.2 Å². The predicted molar refractivity (Wildman–Crippen MR) is 156 cm³/mol. The third-order valence-corrected chi connectivity index (χ3v) is 7.21. The maximum absolute atomic E-state index is 13.1. The van der Waals surface area contributed by atoms with Crippen molar-refractivity contribution in [2.75, 3.05) is 5.32 Å². The van der Waals surface area contributed by atoms with Crippen LogP contribution in [0.15, 0.2) is 66.7 Å². The summed E-state index contributed by atoms with van der Waals surface area (Å²) in [5, 5.41) is 9.41. The molecule has 0 saturated heterocycles. The van der Waals surface area contributed by atoms with Crippen LogP contribution in [0, 0.1) is 5.92 Å². The molecule has 4 rings (SSSR count). The summed E-state index contributed by atoms with van der Waals surface area (Å²) in [5.41, 5.74) is 2.30. The Kier molecular flexibility index (Phi) is 8.96. The lowest BCUT2D eigenvalue weighted by molar-refractivity contribution is -0.137. The van der Waals surface area contributed by atoms with E-state index < -0.39 is 29.6 Å². The molecular weight excluding hydrogens is 569 g/mol. The third-order valence-electron chi connectivity index (χ3n) is 6.89. The van der Waals surface area contributed by atoms with E-state index in [2.05, 4.69) is 16.0 Å². The predicted octanol–water partition coefficient (Wildman–Crippen LogP) is 6.87. The Balaban J connectivity index is 1.47. The summed E-state index contributed by atoms with van der Waals surface area (Å²) in [4.78, 5) is 38.0. The van der Waals surface area contributed by atoms with E-state index in [9.17, 15) is 27.6 Å². The number of halogens is 4. The molecule has 3 amide bonds. The number of carbonyl (C=O) groups excluding carboxylic acids is 3. The van der Waals surface area contributed by atoms with E-state index >= 15 is 0 Å². The van der Waals surface area contributed by atoms with Gasteiger partial charge in [-0.25, -0.2) is 0 Å². The average Bonchev–Trinajstić information content (AvgIpc) is 3.27. The van der Waals surface area contributed by atoms with Gasteiger partial charge in [-0.15, -0.1) is 0 Å². The van der Waals surface area contributed by atoms with E-state index in [0.29, 0.717) is 22.3 Å². The topological polar surface area (TPSA) is 92.2 Å². The van der Waals surface area contributed by atoms with Crippen molar-refractivity contribution < 1.29 is 27.6 Å². The first-order valence-electron chi connectivity index (χ1n) is 13.2. The van der Waals surface area contributed by atoms with Crippen molar-refractivity contribution in [2.45, 2.75) is 39.5 Å². The SMILES string of the molecule is CC(C)C(=O)NCc1ccc(Cl)c(C(=O)Nc2ccc3c(c2)cc(C(=O)N[C@H](C)c2ccc(C(F)(F)F)cc2)n3C)c1. The number of nitrogens with one attached hydrogen (secondary N) is 3. The van der Waals surface area contributed by atoms with Crippen molar-refractivity contribution in [1.82, 2.24) is 15.2 Å². The number of fused-ring (bicyclic) bond motifs is 1. The van der Waals surface area contributed by atoms with Crippen molar-refractivity contribution in [3.05, 3.63) is 99.7 Å². The molecule has 7 nitrogen and oxygen atoms in total. The number of hydrogen-bond donors (Lipinski definition) is 3. The fourth-order valence-electron chi connectivity index (χ4n) is 4.41. The third kappa shape index (κ3) is 6.94. The van der Waals surface area contributed by atoms with Crippen molar-refractivity contribution >= 4 is 45.9 Å². The molecule has 11 heteroatoms. The van der Waals surface area contributed by atoms with Gasteiger partial charge in [0, 0.05) is 36.1 Å².